The molecule has 0 radical (unpaired) electrons. The van der Waals surface area contributed by atoms with Crippen molar-refractivity contribution >= 4 is 11.6 Å². The van der Waals surface area contributed by atoms with Crippen molar-refractivity contribution in [1.82, 2.24) is 20.1 Å². The normalized spacial score (nSPS) is 20.2. The van der Waals surface area contributed by atoms with E-state index in [1.165, 1.54) is 0 Å². The summed E-state index contributed by atoms with van der Waals surface area (Å²) < 4.78 is 0. The average molecular weight is 425 g/mol. The Hall–Kier alpha value is -2.21. The van der Waals surface area contributed by atoms with Crippen molar-refractivity contribution < 1.29 is 5.11 Å². The van der Waals surface area contributed by atoms with E-state index in [-0.39, 0.29) is 11.1 Å². The van der Waals surface area contributed by atoms with Crippen LogP contribution in [0.4, 0.5) is 0 Å². The second kappa shape index (κ2) is 7.19. The molecular formula is C24H29ClN4O. The topological polar surface area (TPSA) is 65.0 Å². The second-order valence-electron chi connectivity index (χ2n) is 9.63. The zero-order valence-corrected chi connectivity index (χ0v) is 19.0. The fourth-order valence-corrected chi connectivity index (χ4v) is 5.15. The van der Waals surface area contributed by atoms with Gasteiger partial charge in [-0.2, -0.15) is 5.10 Å². The summed E-state index contributed by atoms with van der Waals surface area (Å²) in [5.74, 6) is 0. The predicted octanol–water partition coefficient (Wildman–Crippen LogP) is 5.26. The molecule has 0 spiro atoms. The van der Waals surface area contributed by atoms with Crippen molar-refractivity contribution in [3.8, 4) is 22.4 Å². The van der Waals surface area contributed by atoms with Gasteiger partial charge in [0.1, 0.15) is 11.3 Å². The first-order chi connectivity index (χ1) is 14.0. The van der Waals surface area contributed by atoms with Gasteiger partial charge >= 0.3 is 0 Å². The van der Waals surface area contributed by atoms with Crippen LogP contribution in [0.5, 0.6) is 0 Å². The molecule has 0 bridgehead atoms. The number of aliphatic hydroxyl groups is 1. The summed E-state index contributed by atoms with van der Waals surface area (Å²) in [6.07, 6.45) is 4.73. The molecule has 0 aliphatic carbocycles. The Balaban J connectivity index is 1.92. The highest BCUT2D eigenvalue weighted by atomic mass is 35.5. The van der Waals surface area contributed by atoms with Crippen LogP contribution < -0.4 is 0 Å². The lowest BCUT2D eigenvalue weighted by atomic mass is 9.69. The summed E-state index contributed by atoms with van der Waals surface area (Å²) in [6.45, 7) is 8.73. The number of halogens is 1. The quantitative estimate of drug-likeness (QED) is 0.601. The molecular weight excluding hydrogens is 396 g/mol. The summed E-state index contributed by atoms with van der Waals surface area (Å²) >= 11 is 6.10. The van der Waals surface area contributed by atoms with Crippen LogP contribution in [-0.2, 0) is 5.60 Å². The van der Waals surface area contributed by atoms with Crippen LogP contribution in [0.2, 0.25) is 5.02 Å². The SMILES string of the molecule is CN1C(C)(C)CC(O)(c2[nH]nc(-c3ccc(Cl)cc3)c2-c2ccncc2)CC1(C)C. The van der Waals surface area contributed by atoms with E-state index in [2.05, 4.69) is 54.8 Å². The predicted molar refractivity (Wildman–Crippen MR) is 121 cm³/mol. The molecule has 6 heteroatoms. The molecule has 2 aromatic heterocycles. The minimum Gasteiger partial charge on any atom is -0.383 e. The van der Waals surface area contributed by atoms with E-state index in [1.54, 1.807) is 12.4 Å². The van der Waals surface area contributed by atoms with Crippen LogP contribution in [0.3, 0.4) is 0 Å². The lowest BCUT2D eigenvalue weighted by molar-refractivity contribution is -0.130. The van der Waals surface area contributed by atoms with E-state index < -0.39 is 5.60 Å². The smallest absolute Gasteiger partial charge is 0.110 e. The number of rotatable bonds is 3. The summed E-state index contributed by atoms with van der Waals surface area (Å²) in [4.78, 5) is 6.53. The molecule has 30 heavy (non-hydrogen) atoms. The van der Waals surface area contributed by atoms with E-state index in [0.29, 0.717) is 17.9 Å². The third-order valence-electron chi connectivity index (χ3n) is 6.58. The number of H-pyrrole nitrogens is 1. The van der Waals surface area contributed by atoms with Gasteiger partial charge in [-0.1, -0.05) is 23.7 Å². The number of benzene rings is 1. The monoisotopic (exact) mass is 424 g/mol. The number of aromatic nitrogens is 3. The Labute approximate surface area is 183 Å². The molecule has 1 aromatic carbocycles. The van der Waals surface area contributed by atoms with E-state index in [0.717, 1.165) is 28.1 Å². The van der Waals surface area contributed by atoms with Crippen molar-refractivity contribution in [3.63, 3.8) is 0 Å². The van der Waals surface area contributed by atoms with Gasteiger partial charge in [0.05, 0.1) is 5.69 Å². The fourth-order valence-electron chi connectivity index (χ4n) is 5.02. The highest BCUT2D eigenvalue weighted by Crippen LogP contribution is 2.50. The molecule has 1 aliphatic heterocycles. The van der Waals surface area contributed by atoms with Crippen LogP contribution in [0.1, 0.15) is 46.2 Å². The first-order valence-corrected chi connectivity index (χ1v) is 10.6. The number of nitrogens with zero attached hydrogens (tertiary/aromatic N) is 3. The Morgan fingerprint density at radius 3 is 2.07 bits per heavy atom. The van der Waals surface area contributed by atoms with Crippen LogP contribution in [0.15, 0.2) is 48.8 Å². The van der Waals surface area contributed by atoms with Crippen molar-refractivity contribution in [2.24, 2.45) is 0 Å². The van der Waals surface area contributed by atoms with E-state index in [9.17, 15) is 5.11 Å². The van der Waals surface area contributed by atoms with Crippen LogP contribution in [0.25, 0.3) is 22.4 Å². The molecule has 1 fully saturated rings. The molecule has 1 aliphatic rings. The molecule has 0 saturated carbocycles. The maximum atomic E-state index is 12.0. The third-order valence-corrected chi connectivity index (χ3v) is 6.84. The van der Waals surface area contributed by atoms with Crippen LogP contribution in [-0.4, -0.2) is 43.3 Å². The third kappa shape index (κ3) is 3.55. The average Bonchev–Trinajstić information content (AvgIpc) is 3.13. The number of hydrogen-bond acceptors (Lipinski definition) is 4. The van der Waals surface area contributed by atoms with E-state index in [4.69, 9.17) is 11.6 Å². The minimum atomic E-state index is -1.05. The largest absolute Gasteiger partial charge is 0.383 e. The number of likely N-dealkylation sites (tertiary alicyclic amines) is 1. The first kappa shape index (κ1) is 21.0. The van der Waals surface area contributed by atoms with Gasteiger partial charge < -0.3 is 5.11 Å². The van der Waals surface area contributed by atoms with E-state index in [1.807, 2.05) is 36.4 Å². The number of aromatic amines is 1. The maximum Gasteiger partial charge on any atom is 0.110 e. The minimum absolute atomic E-state index is 0.183. The van der Waals surface area contributed by atoms with Crippen molar-refractivity contribution in [2.75, 3.05) is 7.05 Å². The summed E-state index contributed by atoms with van der Waals surface area (Å²) in [5.41, 5.74) is 2.98. The zero-order chi connectivity index (χ0) is 21.7. The number of nitrogens with one attached hydrogen (secondary N) is 1. The Morgan fingerprint density at radius 1 is 0.933 bits per heavy atom. The Morgan fingerprint density at radius 2 is 1.50 bits per heavy atom. The van der Waals surface area contributed by atoms with Gasteiger partial charge in [-0.3, -0.25) is 15.0 Å². The molecule has 0 unspecified atom stereocenters. The molecule has 5 nitrogen and oxygen atoms in total. The molecule has 2 N–H and O–H groups in total. The molecule has 158 valence electrons. The first-order valence-electron chi connectivity index (χ1n) is 10.3. The van der Waals surface area contributed by atoms with E-state index >= 15 is 0 Å². The molecule has 4 rings (SSSR count). The highest BCUT2D eigenvalue weighted by Gasteiger charge is 2.52. The molecule has 0 amide bonds. The fraction of sp³-hybridized carbons (Fsp3) is 0.417. The zero-order valence-electron chi connectivity index (χ0n) is 18.2. The van der Waals surface area contributed by atoms with Crippen LogP contribution >= 0.6 is 11.6 Å². The van der Waals surface area contributed by atoms with Crippen molar-refractivity contribution in [1.29, 1.82) is 0 Å². The van der Waals surface area contributed by atoms with Gasteiger partial charge in [-0.25, -0.2) is 0 Å². The van der Waals surface area contributed by atoms with Gasteiger partial charge in [0, 0.05) is 39.6 Å². The van der Waals surface area contributed by atoms with Gasteiger partial charge in [0.2, 0.25) is 0 Å². The maximum absolute atomic E-state index is 12.0. The van der Waals surface area contributed by atoms with Crippen molar-refractivity contribution in [3.05, 3.63) is 59.5 Å². The summed E-state index contributed by atoms with van der Waals surface area (Å²) in [5, 5.41) is 20.6. The number of piperidine rings is 1. The van der Waals surface area contributed by atoms with Gasteiger partial charge in [-0.05, 0) is 77.4 Å². The Bertz CT molecular complexity index is 1020. The second-order valence-corrected chi connectivity index (χ2v) is 10.1. The standard InChI is InChI=1S/C24H29ClN4O/c1-22(2)14-24(30,15-23(3,4)29(22)5)21-19(16-10-12-26-13-11-16)20(27-28-21)17-6-8-18(25)9-7-17/h6-13,30H,14-15H2,1-5H3,(H,27,28). The summed E-state index contributed by atoms with van der Waals surface area (Å²) in [7, 11) is 2.13. The lowest BCUT2D eigenvalue weighted by Crippen LogP contribution is -2.63. The molecule has 3 aromatic rings. The number of pyridine rings is 1. The Kier molecular flexibility index (Phi) is 5.04. The number of hydrogen-bond donors (Lipinski definition) is 2. The molecule has 3 heterocycles. The molecule has 0 atom stereocenters. The molecule has 1 saturated heterocycles. The summed E-state index contributed by atoms with van der Waals surface area (Å²) in [6, 6.07) is 11.6. The van der Waals surface area contributed by atoms with Crippen molar-refractivity contribution in [2.45, 2.75) is 57.2 Å². The van der Waals surface area contributed by atoms with Crippen LogP contribution in [0, 0.1) is 0 Å². The highest BCUT2D eigenvalue weighted by molar-refractivity contribution is 6.30. The van der Waals surface area contributed by atoms with Gasteiger partial charge in [-0.15, -0.1) is 0 Å². The lowest BCUT2D eigenvalue weighted by Gasteiger charge is -2.56. The van der Waals surface area contributed by atoms with Gasteiger partial charge in [0.15, 0.2) is 0 Å². The van der Waals surface area contributed by atoms with Gasteiger partial charge in [0.25, 0.3) is 0 Å².